The summed E-state index contributed by atoms with van der Waals surface area (Å²) in [7, 11) is -0.340. The quantitative estimate of drug-likeness (QED) is 0.657. The first kappa shape index (κ1) is 15.6. The van der Waals surface area contributed by atoms with Crippen LogP contribution in [0.4, 0.5) is 0 Å². The molecule has 1 rings (SSSR count). The van der Waals surface area contributed by atoms with Gasteiger partial charge in [0.2, 0.25) is 0 Å². The van der Waals surface area contributed by atoms with Crippen molar-refractivity contribution in [2.24, 2.45) is 0 Å². The molecule has 0 aliphatic rings. The monoisotopic (exact) mass is 250 g/mol. The SMILES string of the molecule is C=C(C)C(=O)O.C[SiH](C)CCc1ccccc1. The number of aliphatic carboxylic acids is 1. The van der Waals surface area contributed by atoms with Gasteiger partial charge in [0.05, 0.1) is 0 Å². The minimum absolute atomic E-state index is 0.176. The lowest BCUT2D eigenvalue weighted by atomic mass is 10.2. The van der Waals surface area contributed by atoms with Gasteiger partial charge in [0.25, 0.3) is 0 Å². The molecule has 0 aliphatic heterocycles. The third-order valence-corrected chi connectivity index (χ3v) is 3.66. The van der Waals surface area contributed by atoms with Crippen LogP contribution in [0.1, 0.15) is 12.5 Å². The maximum absolute atomic E-state index is 9.60. The molecule has 0 fully saturated rings. The number of carboxylic acids is 1. The van der Waals surface area contributed by atoms with Gasteiger partial charge < -0.3 is 5.11 Å². The number of rotatable bonds is 4. The van der Waals surface area contributed by atoms with Crippen LogP contribution in [-0.2, 0) is 11.2 Å². The van der Waals surface area contributed by atoms with Crippen LogP contribution >= 0.6 is 0 Å². The lowest BCUT2D eigenvalue weighted by Gasteiger charge is -2.02. The van der Waals surface area contributed by atoms with Crippen LogP contribution < -0.4 is 0 Å². The van der Waals surface area contributed by atoms with Crippen molar-refractivity contribution in [2.45, 2.75) is 32.5 Å². The zero-order valence-electron chi connectivity index (χ0n) is 10.9. The predicted octanol–water partition coefficient (Wildman–Crippen LogP) is 3.36. The van der Waals surface area contributed by atoms with E-state index < -0.39 is 5.97 Å². The van der Waals surface area contributed by atoms with Gasteiger partial charge in [-0.2, -0.15) is 0 Å². The van der Waals surface area contributed by atoms with E-state index in [1.165, 1.54) is 25.0 Å². The minimum atomic E-state index is -0.935. The molecule has 2 nitrogen and oxygen atoms in total. The largest absolute Gasteiger partial charge is 0.478 e. The van der Waals surface area contributed by atoms with Crippen molar-refractivity contribution in [3.8, 4) is 0 Å². The second-order valence-electron chi connectivity index (χ2n) is 4.50. The fourth-order valence-corrected chi connectivity index (χ4v) is 2.01. The molecule has 0 aliphatic carbocycles. The normalized spacial score (nSPS) is 9.41. The molecule has 0 saturated carbocycles. The molecule has 1 aromatic rings. The average Bonchev–Trinajstić information content (AvgIpc) is 2.28. The van der Waals surface area contributed by atoms with Crippen molar-refractivity contribution in [3.05, 3.63) is 48.0 Å². The van der Waals surface area contributed by atoms with Gasteiger partial charge in [-0.25, -0.2) is 4.79 Å². The highest BCUT2D eigenvalue weighted by Crippen LogP contribution is 2.04. The highest BCUT2D eigenvalue weighted by atomic mass is 28.3. The van der Waals surface area contributed by atoms with Gasteiger partial charge in [0, 0.05) is 14.4 Å². The second kappa shape index (κ2) is 8.76. The van der Waals surface area contributed by atoms with E-state index in [-0.39, 0.29) is 14.4 Å². The summed E-state index contributed by atoms with van der Waals surface area (Å²) in [6.45, 7) is 9.41. The Labute approximate surface area is 106 Å². The van der Waals surface area contributed by atoms with Crippen molar-refractivity contribution >= 4 is 14.8 Å². The first-order valence-electron chi connectivity index (χ1n) is 5.86. The molecule has 0 saturated heterocycles. The first-order valence-corrected chi connectivity index (χ1v) is 8.98. The molecule has 0 bridgehead atoms. The summed E-state index contributed by atoms with van der Waals surface area (Å²) >= 11 is 0. The Bertz CT molecular complexity index is 332. The van der Waals surface area contributed by atoms with Crippen LogP contribution in [0.2, 0.25) is 19.1 Å². The molecular formula is C14H22O2Si. The topological polar surface area (TPSA) is 37.3 Å². The smallest absolute Gasteiger partial charge is 0.330 e. The van der Waals surface area contributed by atoms with E-state index in [0.29, 0.717) is 0 Å². The van der Waals surface area contributed by atoms with E-state index in [1.807, 2.05) is 0 Å². The number of aryl methyl sites for hydroxylation is 1. The van der Waals surface area contributed by atoms with E-state index in [1.54, 1.807) is 0 Å². The van der Waals surface area contributed by atoms with Crippen LogP contribution in [0.25, 0.3) is 0 Å². The average molecular weight is 250 g/mol. The molecule has 17 heavy (non-hydrogen) atoms. The molecule has 0 unspecified atom stereocenters. The summed E-state index contributed by atoms with van der Waals surface area (Å²) in [5.41, 5.74) is 1.67. The third-order valence-electron chi connectivity index (χ3n) is 2.22. The Hall–Kier alpha value is -1.35. The van der Waals surface area contributed by atoms with Crippen molar-refractivity contribution in [1.82, 2.24) is 0 Å². The fraction of sp³-hybridized carbons (Fsp3) is 0.357. The van der Waals surface area contributed by atoms with E-state index in [0.717, 1.165) is 0 Å². The third kappa shape index (κ3) is 9.57. The Balaban J connectivity index is 0.000000366. The summed E-state index contributed by atoms with van der Waals surface area (Å²) < 4.78 is 0. The molecule has 0 spiro atoms. The van der Waals surface area contributed by atoms with E-state index in [4.69, 9.17) is 5.11 Å². The summed E-state index contributed by atoms with van der Waals surface area (Å²) in [6, 6.07) is 12.2. The molecule has 3 heteroatoms. The zero-order valence-corrected chi connectivity index (χ0v) is 12.1. The van der Waals surface area contributed by atoms with Crippen molar-refractivity contribution < 1.29 is 9.90 Å². The van der Waals surface area contributed by atoms with E-state index >= 15 is 0 Å². The Morgan fingerprint density at radius 3 is 2.12 bits per heavy atom. The Morgan fingerprint density at radius 1 is 1.29 bits per heavy atom. The van der Waals surface area contributed by atoms with Gasteiger partial charge in [-0.3, -0.25) is 0 Å². The van der Waals surface area contributed by atoms with Crippen LogP contribution in [0.15, 0.2) is 42.5 Å². The van der Waals surface area contributed by atoms with Crippen molar-refractivity contribution in [3.63, 3.8) is 0 Å². The molecule has 1 N–H and O–H groups in total. The molecule has 0 amide bonds. The highest BCUT2D eigenvalue weighted by molar-refractivity contribution is 6.55. The van der Waals surface area contributed by atoms with E-state index in [9.17, 15) is 4.79 Å². The van der Waals surface area contributed by atoms with Gasteiger partial charge in [-0.1, -0.05) is 56.0 Å². The number of carboxylic acid groups (broad SMARTS) is 1. The van der Waals surface area contributed by atoms with Crippen molar-refractivity contribution in [2.75, 3.05) is 0 Å². The van der Waals surface area contributed by atoms with Crippen LogP contribution in [0.5, 0.6) is 0 Å². The number of carbonyl (C=O) groups is 1. The lowest BCUT2D eigenvalue weighted by molar-refractivity contribution is -0.132. The predicted molar refractivity (Wildman–Crippen MR) is 76.3 cm³/mol. The standard InChI is InChI=1S/C10H16Si.C4H6O2/c1-11(2)9-8-10-6-4-3-5-7-10;1-3(2)4(5)6/h3-7,11H,8-9H2,1-2H3;1H2,2H3,(H,5,6). The number of benzene rings is 1. The molecule has 0 heterocycles. The molecular weight excluding hydrogens is 228 g/mol. The van der Waals surface area contributed by atoms with Crippen LogP contribution in [0, 0.1) is 0 Å². The van der Waals surface area contributed by atoms with Crippen LogP contribution in [-0.4, -0.2) is 19.9 Å². The van der Waals surface area contributed by atoms with E-state index in [2.05, 4.69) is 50.0 Å². The minimum Gasteiger partial charge on any atom is -0.478 e. The second-order valence-corrected chi connectivity index (χ2v) is 7.87. The van der Waals surface area contributed by atoms with Gasteiger partial charge in [0.15, 0.2) is 0 Å². The van der Waals surface area contributed by atoms with Crippen molar-refractivity contribution in [1.29, 1.82) is 0 Å². The Morgan fingerprint density at radius 2 is 1.76 bits per heavy atom. The molecule has 0 radical (unpaired) electrons. The van der Waals surface area contributed by atoms with Gasteiger partial charge in [0.1, 0.15) is 0 Å². The first-order chi connectivity index (χ1) is 7.93. The molecule has 0 atom stereocenters. The Kier molecular flexibility index (Phi) is 8.06. The maximum Gasteiger partial charge on any atom is 0.330 e. The summed E-state index contributed by atoms with van der Waals surface area (Å²) in [5, 5.41) is 7.89. The van der Waals surface area contributed by atoms with Gasteiger partial charge in [-0.05, 0) is 18.9 Å². The summed E-state index contributed by atoms with van der Waals surface area (Å²) in [6.07, 6.45) is 1.28. The molecule has 0 aromatic heterocycles. The molecule has 94 valence electrons. The van der Waals surface area contributed by atoms with Gasteiger partial charge >= 0.3 is 5.97 Å². The van der Waals surface area contributed by atoms with Gasteiger partial charge in [-0.15, -0.1) is 0 Å². The zero-order chi connectivity index (χ0) is 13.3. The number of hydrogen-bond acceptors (Lipinski definition) is 1. The molecule has 1 aromatic carbocycles. The number of hydrogen-bond donors (Lipinski definition) is 1. The summed E-state index contributed by atoms with van der Waals surface area (Å²) in [5.74, 6) is -0.935. The summed E-state index contributed by atoms with van der Waals surface area (Å²) in [4.78, 5) is 9.60. The maximum atomic E-state index is 9.60. The lowest BCUT2D eigenvalue weighted by Crippen LogP contribution is -2.00. The highest BCUT2D eigenvalue weighted by Gasteiger charge is 1.95. The fourth-order valence-electron chi connectivity index (χ4n) is 1.10. The van der Waals surface area contributed by atoms with Crippen LogP contribution in [0.3, 0.4) is 0 Å².